The van der Waals surface area contributed by atoms with Crippen LogP contribution < -0.4 is 15.5 Å². The molecule has 2 N–H and O–H groups in total. The molecule has 0 saturated carbocycles. The van der Waals surface area contributed by atoms with Gasteiger partial charge in [-0.3, -0.25) is 5.32 Å². The number of halogens is 4. The number of aromatic nitrogens is 2. The minimum Gasteiger partial charge on any atom is -0.369 e. The number of benzene rings is 1. The molecule has 1 aromatic carbocycles. The van der Waals surface area contributed by atoms with Crippen molar-refractivity contribution in [2.24, 2.45) is 0 Å². The number of rotatable bonds is 5. The van der Waals surface area contributed by atoms with Crippen LogP contribution in [0.3, 0.4) is 0 Å². The van der Waals surface area contributed by atoms with Gasteiger partial charge in [0.25, 0.3) is 0 Å². The fourth-order valence-corrected chi connectivity index (χ4v) is 3.87. The number of amides is 2. The lowest BCUT2D eigenvalue weighted by molar-refractivity contribution is -0.138. The average molecular weight is 446 g/mol. The molecule has 2 heterocycles. The maximum absolute atomic E-state index is 13.9. The molecule has 2 amide bonds. The monoisotopic (exact) mass is 446 g/mol. The minimum absolute atomic E-state index is 0.230. The third-order valence-electron chi connectivity index (χ3n) is 4.85. The van der Waals surface area contributed by atoms with E-state index in [4.69, 9.17) is 0 Å². The van der Waals surface area contributed by atoms with Crippen LogP contribution in [-0.2, 0) is 6.18 Å². The first kappa shape index (κ1) is 22.2. The van der Waals surface area contributed by atoms with Crippen molar-refractivity contribution in [2.45, 2.75) is 26.1 Å². The second-order valence-electron chi connectivity index (χ2n) is 6.85. The van der Waals surface area contributed by atoms with Gasteiger partial charge >= 0.3 is 12.2 Å². The molecule has 1 unspecified atom stereocenters. The number of nitrogens with zero attached hydrogens (tertiary/aromatic N) is 4. The van der Waals surface area contributed by atoms with Gasteiger partial charge in [-0.2, -0.15) is 13.2 Å². The van der Waals surface area contributed by atoms with E-state index in [-0.39, 0.29) is 16.5 Å². The Kier molecular flexibility index (Phi) is 6.76. The van der Waals surface area contributed by atoms with Crippen LogP contribution in [-0.4, -0.2) is 53.9 Å². The van der Waals surface area contributed by atoms with Gasteiger partial charge in [0.15, 0.2) is 0 Å². The van der Waals surface area contributed by atoms with E-state index in [2.05, 4.69) is 37.6 Å². The fourth-order valence-electron chi connectivity index (χ4n) is 3.26. The Morgan fingerprint density at radius 3 is 2.53 bits per heavy atom. The minimum atomic E-state index is -4.63. The smallest absolute Gasteiger partial charge is 0.369 e. The Balaban J connectivity index is 1.68. The van der Waals surface area contributed by atoms with Crippen LogP contribution in [0.15, 0.2) is 18.2 Å². The summed E-state index contributed by atoms with van der Waals surface area (Å²) in [6, 6.07) is 3.08. The van der Waals surface area contributed by atoms with Gasteiger partial charge in [-0.05, 0) is 31.7 Å². The third kappa shape index (κ3) is 5.36. The van der Waals surface area contributed by atoms with Crippen LogP contribution in [0.25, 0.3) is 0 Å². The van der Waals surface area contributed by atoms with E-state index in [0.717, 1.165) is 38.4 Å². The van der Waals surface area contributed by atoms with Gasteiger partial charge in [-0.15, -0.1) is 10.2 Å². The van der Waals surface area contributed by atoms with Crippen molar-refractivity contribution in [1.82, 2.24) is 20.4 Å². The quantitative estimate of drug-likeness (QED) is 0.685. The largest absolute Gasteiger partial charge is 0.445 e. The van der Waals surface area contributed by atoms with Crippen LogP contribution >= 0.6 is 11.3 Å². The van der Waals surface area contributed by atoms with E-state index in [1.54, 1.807) is 13.0 Å². The van der Waals surface area contributed by atoms with Gasteiger partial charge in [-0.25, -0.2) is 9.18 Å². The molecule has 1 aliphatic heterocycles. The zero-order valence-electron chi connectivity index (χ0n) is 16.5. The molecule has 0 aliphatic carbocycles. The average Bonchev–Trinajstić information content (AvgIpc) is 3.17. The first-order valence-electron chi connectivity index (χ1n) is 9.42. The van der Waals surface area contributed by atoms with Crippen molar-refractivity contribution in [3.8, 4) is 0 Å². The lowest BCUT2D eigenvalue weighted by Gasteiger charge is -2.37. The zero-order valence-corrected chi connectivity index (χ0v) is 17.3. The van der Waals surface area contributed by atoms with E-state index in [0.29, 0.717) is 5.56 Å². The first-order valence-corrected chi connectivity index (χ1v) is 10.2. The Morgan fingerprint density at radius 2 is 1.93 bits per heavy atom. The second-order valence-corrected chi connectivity index (χ2v) is 7.83. The molecule has 12 heteroatoms. The number of hydrogen-bond acceptors (Lipinski definition) is 6. The Morgan fingerprint density at radius 1 is 1.23 bits per heavy atom. The van der Waals surface area contributed by atoms with Crippen LogP contribution in [0.4, 0.5) is 33.2 Å². The number of piperazine rings is 1. The van der Waals surface area contributed by atoms with Crippen molar-refractivity contribution >= 4 is 28.2 Å². The summed E-state index contributed by atoms with van der Waals surface area (Å²) in [5.41, 5.74) is 1.40. The second kappa shape index (κ2) is 9.13. The number of urea groups is 1. The zero-order chi connectivity index (χ0) is 21.9. The van der Waals surface area contributed by atoms with Gasteiger partial charge in [0, 0.05) is 37.4 Å². The number of likely N-dealkylation sites (N-methyl/N-ethyl adjacent to an activating group) is 1. The van der Waals surface area contributed by atoms with Crippen LogP contribution in [0, 0.1) is 5.82 Å². The first-order chi connectivity index (χ1) is 14.2. The molecular formula is C18H22F4N6OS. The van der Waals surface area contributed by atoms with Crippen molar-refractivity contribution in [1.29, 1.82) is 0 Å². The van der Waals surface area contributed by atoms with Gasteiger partial charge in [0.2, 0.25) is 10.1 Å². The molecule has 0 spiro atoms. The lowest BCUT2D eigenvalue weighted by atomic mass is 10.0. The van der Waals surface area contributed by atoms with Gasteiger partial charge in [-0.1, -0.05) is 18.3 Å². The highest BCUT2D eigenvalue weighted by molar-refractivity contribution is 7.15. The summed E-state index contributed by atoms with van der Waals surface area (Å²) in [5, 5.41) is 9.79. The molecule has 0 radical (unpaired) electrons. The molecule has 3 rings (SSSR count). The van der Waals surface area contributed by atoms with E-state index < -0.39 is 29.1 Å². The van der Waals surface area contributed by atoms with Gasteiger partial charge in [0.05, 0.1) is 6.04 Å². The maximum atomic E-state index is 13.9. The molecule has 2 aromatic rings. The molecule has 164 valence electrons. The summed E-state index contributed by atoms with van der Waals surface area (Å²) in [6.45, 7) is 8.06. The summed E-state index contributed by atoms with van der Waals surface area (Å²) in [7, 11) is 0. The summed E-state index contributed by atoms with van der Waals surface area (Å²) in [5.74, 6) is -0.436. The Labute approximate surface area is 175 Å². The molecule has 0 bridgehead atoms. The molecule has 1 aromatic heterocycles. The molecule has 1 fully saturated rings. The van der Waals surface area contributed by atoms with Crippen molar-refractivity contribution in [2.75, 3.05) is 42.9 Å². The highest BCUT2D eigenvalue weighted by Gasteiger charge is 2.36. The Bertz CT molecular complexity index is 882. The topological polar surface area (TPSA) is 73.4 Å². The van der Waals surface area contributed by atoms with Crippen LogP contribution in [0.5, 0.6) is 0 Å². The highest BCUT2D eigenvalue weighted by atomic mass is 32.1. The number of anilines is 2. The molecule has 7 nitrogen and oxygen atoms in total. The number of nitrogens with one attached hydrogen (secondary N) is 2. The Hall–Kier alpha value is -2.47. The predicted molar refractivity (Wildman–Crippen MR) is 106 cm³/mol. The molecule has 1 atom stereocenters. The number of carbonyl (C=O) groups is 1. The highest BCUT2D eigenvalue weighted by Crippen LogP contribution is 2.33. The van der Waals surface area contributed by atoms with E-state index in [1.807, 2.05) is 0 Å². The van der Waals surface area contributed by atoms with Crippen molar-refractivity contribution < 1.29 is 22.4 Å². The van der Waals surface area contributed by atoms with Crippen LogP contribution in [0.2, 0.25) is 0 Å². The maximum Gasteiger partial charge on any atom is 0.445 e. The third-order valence-corrected chi connectivity index (χ3v) is 5.74. The SMILES string of the molecule is CCN1CCN(c2ccc(F)cc2C(C)NC(=O)Nc2nnc(C(F)(F)F)s2)CC1. The van der Waals surface area contributed by atoms with Crippen molar-refractivity contribution in [3.63, 3.8) is 0 Å². The molecule has 30 heavy (non-hydrogen) atoms. The van der Waals surface area contributed by atoms with Crippen molar-refractivity contribution in [3.05, 3.63) is 34.6 Å². The number of carbonyl (C=O) groups excluding carboxylic acids is 1. The van der Waals surface area contributed by atoms with Crippen LogP contribution in [0.1, 0.15) is 30.5 Å². The lowest BCUT2D eigenvalue weighted by Crippen LogP contribution is -2.46. The normalized spacial score (nSPS) is 16.4. The van der Waals surface area contributed by atoms with E-state index in [9.17, 15) is 22.4 Å². The fraction of sp³-hybridized carbons (Fsp3) is 0.500. The van der Waals surface area contributed by atoms with E-state index in [1.165, 1.54) is 12.1 Å². The summed E-state index contributed by atoms with van der Waals surface area (Å²) in [4.78, 5) is 16.7. The standard InChI is InChI=1S/C18H22F4N6OS/c1-3-27-6-8-28(9-7-27)14-5-4-12(19)10-13(14)11(2)23-16(29)24-17-26-25-15(30-17)18(20,21)22/h4-5,10-11H,3,6-9H2,1-2H3,(H2,23,24,26,29). The van der Waals surface area contributed by atoms with Gasteiger partial charge < -0.3 is 15.1 Å². The van der Waals surface area contributed by atoms with E-state index >= 15 is 0 Å². The summed E-state index contributed by atoms with van der Waals surface area (Å²) >= 11 is 0.230. The summed E-state index contributed by atoms with van der Waals surface area (Å²) in [6.07, 6.45) is -4.63. The number of alkyl halides is 3. The number of hydrogen-bond donors (Lipinski definition) is 2. The van der Waals surface area contributed by atoms with Gasteiger partial charge in [0.1, 0.15) is 5.82 Å². The molecule has 1 saturated heterocycles. The molecule has 1 aliphatic rings. The summed E-state index contributed by atoms with van der Waals surface area (Å²) < 4.78 is 51.7. The molecular weight excluding hydrogens is 424 g/mol. The predicted octanol–water partition coefficient (Wildman–Crippen LogP) is 3.72.